The molecule has 1 aliphatic heterocycles. The molecule has 0 aliphatic carbocycles. The van der Waals surface area contributed by atoms with E-state index in [9.17, 15) is 9.59 Å². The van der Waals surface area contributed by atoms with Gasteiger partial charge in [-0.15, -0.1) is 0 Å². The number of hydrogen-bond donors (Lipinski definition) is 1. The summed E-state index contributed by atoms with van der Waals surface area (Å²) in [5, 5.41) is 4.35. The van der Waals surface area contributed by atoms with Gasteiger partial charge in [-0.2, -0.15) is 16.3 Å². The molecule has 4 heterocycles. The minimum Gasteiger partial charge on any atom is -0.342 e. The molecule has 3 aromatic rings. The lowest BCUT2D eigenvalue weighted by molar-refractivity contribution is 0.501. The highest BCUT2D eigenvalue weighted by molar-refractivity contribution is 7.07. The van der Waals surface area contributed by atoms with Gasteiger partial charge in [-0.3, -0.25) is 13.9 Å². The van der Waals surface area contributed by atoms with Crippen molar-refractivity contribution in [1.29, 1.82) is 0 Å². The van der Waals surface area contributed by atoms with Gasteiger partial charge in [0.1, 0.15) is 0 Å². The van der Waals surface area contributed by atoms with Gasteiger partial charge >= 0.3 is 5.69 Å². The quantitative estimate of drug-likeness (QED) is 0.762. The first-order valence-electron chi connectivity index (χ1n) is 7.99. The van der Waals surface area contributed by atoms with Crippen LogP contribution in [0.2, 0.25) is 0 Å². The maximum atomic E-state index is 12.3. The molecule has 0 unspecified atom stereocenters. The van der Waals surface area contributed by atoms with E-state index in [1.165, 1.54) is 17.2 Å². The number of aromatic amines is 1. The van der Waals surface area contributed by atoms with Crippen molar-refractivity contribution in [3.05, 3.63) is 43.2 Å². The maximum absolute atomic E-state index is 12.3. The number of aryl methyl sites for hydroxylation is 1. The second-order valence-electron chi connectivity index (χ2n) is 6.28. The van der Waals surface area contributed by atoms with E-state index < -0.39 is 0 Å². The van der Waals surface area contributed by atoms with Crippen LogP contribution in [0.25, 0.3) is 11.2 Å². The lowest BCUT2D eigenvalue weighted by Crippen LogP contribution is -2.36. The zero-order valence-corrected chi connectivity index (χ0v) is 14.5. The molecular formula is C16H19N5O2S. The van der Waals surface area contributed by atoms with E-state index in [4.69, 9.17) is 0 Å². The van der Waals surface area contributed by atoms with Crippen LogP contribution in [0.5, 0.6) is 0 Å². The fourth-order valence-electron chi connectivity index (χ4n) is 3.40. The van der Waals surface area contributed by atoms with Gasteiger partial charge in [0.25, 0.3) is 5.56 Å². The van der Waals surface area contributed by atoms with E-state index in [2.05, 4.69) is 31.7 Å². The Bertz CT molecular complexity index is 990. The Hall–Kier alpha value is -2.35. The Balaban J connectivity index is 1.64. The van der Waals surface area contributed by atoms with Gasteiger partial charge in [0.2, 0.25) is 5.95 Å². The zero-order valence-electron chi connectivity index (χ0n) is 13.7. The average molecular weight is 345 g/mol. The van der Waals surface area contributed by atoms with Gasteiger partial charge < -0.3 is 9.88 Å². The summed E-state index contributed by atoms with van der Waals surface area (Å²) in [6.45, 7) is 1.77. The van der Waals surface area contributed by atoms with E-state index in [0.29, 0.717) is 23.0 Å². The molecule has 0 saturated carbocycles. The number of fused-ring (bicyclic) bond motifs is 1. The van der Waals surface area contributed by atoms with E-state index in [1.807, 2.05) is 0 Å². The van der Waals surface area contributed by atoms with Crippen molar-refractivity contribution in [3.63, 3.8) is 0 Å². The normalized spacial score (nSPS) is 16.2. The van der Waals surface area contributed by atoms with Crippen LogP contribution in [0.4, 0.5) is 5.95 Å². The van der Waals surface area contributed by atoms with Crippen LogP contribution in [-0.4, -0.2) is 32.2 Å². The van der Waals surface area contributed by atoms with Gasteiger partial charge in [0.15, 0.2) is 11.2 Å². The second kappa shape index (κ2) is 5.62. The largest absolute Gasteiger partial charge is 0.342 e. The summed E-state index contributed by atoms with van der Waals surface area (Å²) in [5.74, 6) is 1.26. The van der Waals surface area contributed by atoms with Crippen molar-refractivity contribution in [3.8, 4) is 0 Å². The summed E-state index contributed by atoms with van der Waals surface area (Å²) in [4.78, 5) is 34.1. The first-order chi connectivity index (χ1) is 11.6. The summed E-state index contributed by atoms with van der Waals surface area (Å²) >= 11 is 1.74. The molecule has 7 nitrogen and oxygen atoms in total. The standard InChI is InChI=1S/C16H19N5O2S/c1-19-13-12(14(22)20(2)16(19)23)17-15(18-13)21-6-3-10(4-7-21)11-5-8-24-9-11/h5,8-10H,3-4,6-7H2,1-2H3,(H,17,18). The Morgan fingerprint density at radius 3 is 2.62 bits per heavy atom. The zero-order chi connectivity index (χ0) is 16.8. The minimum atomic E-state index is -0.360. The van der Waals surface area contributed by atoms with Crippen molar-refractivity contribution < 1.29 is 0 Å². The smallest absolute Gasteiger partial charge is 0.332 e. The molecule has 3 aromatic heterocycles. The highest BCUT2D eigenvalue weighted by atomic mass is 32.1. The third-order valence-electron chi connectivity index (χ3n) is 4.89. The van der Waals surface area contributed by atoms with Gasteiger partial charge in [0, 0.05) is 27.2 Å². The Labute approximate surface area is 142 Å². The lowest BCUT2D eigenvalue weighted by atomic mass is 9.91. The molecule has 1 saturated heterocycles. The predicted octanol–water partition coefficient (Wildman–Crippen LogP) is 1.41. The van der Waals surface area contributed by atoms with Crippen molar-refractivity contribution >= 4 is 28.4 Å². The first kappa shape index (κ1) is 15.2. The van der Waals surface area contributed by atoms with E-state index in [0.717, 1.165) is 30.5 Å². The molecular weight excluding hydrogens is 326 g/mol. The molecule has 24 heavy (non-hydrogen) atoms. The fraction of sp³-hybridized carbons (Fsp3) is 0.438. The average Bonchev–Trinajstić information content (AvgIpc) is 3.28. The number of anilines is 1. The molecule has 126 valence electrons. The van der Waals surface area contributed by atoms with Crippen molar-refractivity contribution in [1.82, 2.24) is 19.1 Å². The maximum Gasteiger partial charge on any atom is 0.332 e. The number of nitrogens with one attached hydrogen (secondary N) is 1. The highest BCUT2D eigenvalue weighted by Crippen LogP contribution is 2.30. The predicted molar refractivity (Wildman–Crippen MR) is 95.1 cm³/mol. The summed E-state index contributed by atoms with van der Waals surface area (Å²) in [7, 11) is 3.12. The van der Waals surface area contributed by atoms with E-state index in [1.54, 1.807) is 18.4 Å². The van der Waals surface area contributed by atoms with E-state index >= 15 is 0 Å². The van der Waals surface area contributed by atoms with Crippen LogP contribution in [-0.2, 0) is 14.1 Å². The summed E-state index contributed by atoms with van der Waals surface area (Å²) in [5.41, 5.74) is 1.52. The van der Waals surface area contributed by atoms with Crippen LogP contribution < -0.4 is 16.1 Å². The third kappa shape index (κ3) is 2.29. The molecule has 0 radical (unpaired) electrons. The number of H-pyrrole nitrogens is 1. The third-order valence-corrected chi connectivity index (χ3v) is 5.59. The molecule has 1 aliphatic rings. The fourth-order valence-corrected chi connectivity index (χ4v) is 4.14. The number of imidazole rings is 1. The number of piperidine rings is 1. The van der Waals surface area contributed by atoms with Crippen molar-refractivity contribution in [2.24, 2.45) is 14.1 Å². The number of hydrogen-bond acceptors (Lipinski definition) is 5. The highest BCUT2D eigenvalue weighted by Gasteiger charge is 2.24. The molecule has 0 atom stereocenters. The lowest BCUT2D eigenvalue weighted by Gasteiger charge is -2.31. The Morgan fingerprint density at radius 1 is 1.21 bits per heavy atom. The van der Waals surface area contributed by atoms with Crippen LogP contribution in [0.3, 0.4) is 0 Å². The molecule has 0 amide bonds. The Morgan fingerprint density at radius 2 is 1.96 bits per heavy atom. The van der Waals surface area contributed by atoms with Crippen LogP contribution in [0.1, 0.15) is 24.3 Å². The monoisotopic (exact) mass is 345 g/mol. The summed E-state index contributed by atoms with van der Waals surface area (Å²) in [6, 6.07) is 2.20. The second-order valence-corrected chi connectivity index (χ2v) is 7.06. The number of aromatic nitrogens is 4. The van der Waals surface area contributed by atoms with Crippen LogP contribution >= 0.6 is 11.3 Å². The van der Waals surface area contributed by atoms with Gasteiger partial charge in [0.05, 0.1) is 0 Å². The minimum absolute atomic E-state index is 0.333. The molecule has 0 aromatic carbocycles. The van der Waals surface area contributed by atoms with E-state index in [-0.39, 0.29) is 11.2 Å². The van der Waals surface area contributed by atoms with Crippen LogP contribution in [0, 0.1) is 0 Å². The molecule has 1 fully saturated rings. The van der Waals surface area contributed by atoms with Gasteiger partial charge in [-0.1, -0.05) is 0 Å². The topological polar surface area (TPSA) is 75.9 Å². The SMILES string of the molecule is Cn1c(=O)c2[nH]c(N3CCC(c4ccsc4)CC3)nc2n(C)c1=O. The first-order valence-corrected chi connectivity index (χ1v) is 8.93. The molecule has 0 spiro atoms. The summed E-state index contributed by atoms with van der Waals surface area (Å²) < 4.78 is 2.52. The number of rotatable bonds is 2. The molecule has 4 rings (SSSR count). The number of thiophene rings is 1. The Kier molecular flexibility index (Phi) is 3.56. The number of nitrogens with zero attached hydrogens (tertiary/aromatic N) is 4. The van der Waals surface area contributed by atoms with Gasteiger partial charge in [-0.05, 0) is 41.1 Å². The van der Waals surface area contributed by atoms with Crippen molar-refractivity contribution in [2.45, 2.75) is 18.8 Å². The van der Waals surface area contributed by atoms with Crippen LogP contribution in [0.15, 0.2) is 26.4 Å². The summed E-state index contributed by atoms with van der Waals surface area (Å²) in [6.07, 6.45) is 2.12. The van der Waals surface area contributed by atoms with Crippen molar-refractivity contribution in [2.75, 3.05) is 18.0 Å². The molecule has 0 bridgehead atoms. The molecule has 1 N–H and O–H groups in total. The molecule has 8 heteroatoms. The van der Waals surface area contributed by atoms with Gasteiger partial charge in [-0.25, -0.2) is 4.79 Å².